The molecule has 0 bridgehead atoms. The van der Waals surface area contributed by atoms with E-state index in [4.69, 9.17) is 0 Å². The van der Waals surface area contributed by atoms with Gasteiger partial charge in [0.2, 0.25) is 0 Å². The second kappa shape index (κ2) is 4.49. The van der Waals surface area contributed by atoms with Crippen LogP contribution in [0.15, 0.2) is 54.9 Å². The zero-order valence-corrected chi connectivity index (χ0v) is 9.68. The lowest BCUT2D eigenvalue weighted by atomic mass is 10.2. The first kappa shape index (κ1) is 10.8. The summed E-state index contributed by atoms with van der Waals surface area (Å²) in [5.74, 6) is 0.754. The Morgan fingerprint density at radius 1 is 1.11 bits per heavy atom. The molecule has 0 amide bonds. The minimum Gasteiger partial charge on any atom is -0.367 e. The van der Waals surface area contributed by atoms with E-state index in [2.05, 4.69) is 10.3 Å². The molecule has 18 heavy (non-hydrogen) atoms. The van der Waals surface area contributed by atoms with E-state index >= 15 is 0 Å². The van der Waals surface area contributed by atoms with Crippen LogP contribution >= 0.6 is 0 Å². The van der Waals surface area contributed by atoms with E-state index in [0.29, 0.717) is 6.54 Å². The molecule has 4 heteroatoms. The van der Waals surface area contributed by atoms with Gasteiger partial charge in [0.15, 0.2) is 0 Å². The third-order valence-electron chi connectivity index (χ3n) is 2.82. The molecule has 0 radical (unpaired) electrons. The summed E-state index contributed by atoms with van der Waals surface area (Å²) in [7, 11) is 0. The van der Waals surface area contributed by atoms with Gasteiger partial charge >= 0.3 is 0 Å². The van der Waals surface area contributed by atoms with Crippen LogP contribution in [0.3, 0.4) is 0 Å². The second-order valence-electron chi connectivity index (χ2n) is 4.05. The first-order valence-corrected chi connectivity index (χ1v) is 5.73. The van der Waals surface area contributed by atoms with E-state index in [1.165, 1.54) is 12.1 Å². The molecule has 0 aliphatic rings. The summed E-state index contributed by atoms with van der Waals surface area (Å²) in [5, 5.41) is 3.31. The number of imidazole rings is 1. The SMILES string of the molecule is Fc1ccc(CNc2cccc3nccn23)cc1. The summed E-state index contributed by atoms with van der Waals surface area (Å²) in [5.41, 5.74) is 1.94. The first-order valence-electron chi connectivity index (χ1n) is 5.73. The average Bonchev–Trinajstić information content (AvgIpc) is 2.87. The smallest absolute Gasteiger partial charge is 0.138 e. The highest BCUT2D eigenvalue weighted by atomic mass is 19.1. The van der Waals surface area contributed by atoms with Crippen LogP contribution in [0.1, 0.15) is 5.56 Å². The Bertz CT molecular complexity index is 658. The molecule has 2 aromatic heterocycles. The summed E-state index contributed by atoms with van der Waals surface area (Å²) in [6.45, 7) is 0.650. The molecule has 3 aromatic rings. The van der Waals surface area contributed by atoms with Crippen molar-refractivity contribution in [1.82, 2.24) is 9.38 Å². The topological polar surface area (TPSA) is 29.3 Å². The highest BCUT2D eigenvalue weighted by Gasteiger charge is 2.00. The molecule has 0 atom stereocenters. The summed E-state index contributed by atoms with van der Waals surface area (Å²) in [6.07, 6.45) is 3.67. The number of fused-ring (bicyclic) bond motifs is 1. The van der Waals surface area contributed by atoms with Crippen molar-refractivity contribution in [3.05, 3.63) is 66.2 Å². The molecule has 0 unspecified atom stereocenters. The average molecular weight is 241 g/mol. The predicted molar refractivity (Wildman–Crippen MR) is 68.9 cm³/mol. The van der Waals surface area contributed by atoms with Gasteiger partial charge in [-0.2, -0.15) is 0 Å². The summed E-state index contributed by atoms with van der Waals surface area (Å²) < 4.78 is 14.8. The zero-order chi connectivity index (χ0) is 12.4. The Hall–Kier alpha value is -2.36. The highest BCUT2D eigenvalue weighted by Crippen LogP contribution is 2.12. The first-order chi connectivity index (χ1) is 8.83. The standard InChI is InChI=1S/C14H12FN3/c15-12-6-4-11(5-7-12)10-17-14-3-1-2-13-16-8-9-18(13)14/h1-9,17H,10H2. The quantitative estimate of drug-likeness (QED) is 0.763. The number of hydrogen-bond acceptors (Lipinski definition) is 2. The molecule has 0 saturated heterocycles. The number of nitrogens with zero attached hydrogens (tertiary/aromatic N) is 2. The molecule has 90 valence electrons. The van der Waals surface area contributed by atoms with Gasteiger partial charge in [-0.25, -0.2) is 9.37 Å². The Balaban J connectivity index is 1.80. The van der Waals surface area contributed by atoms with E-state index in [1.54, 1.807) is 18.3 Å². The number of pyridine rings is 1. The van der Waals surface area contributed by atoms with Crippen molar-refractivity contribution in [3.8, 4) is 0 Å². The lowest BCUT2D eigenvalue weighted by Gasteiger charge is -2.08. The number of halogens is 1. The molecule has 3 rings (SSSR count). The molecule has 0 saturated carbocycles. The minimum atomic E-state index is -0.213. The zero-order valence-electron chi connectivity index (χ0n) is 9.68. The Kier molecular flexibility index (Phi) is 2.68. The lowest BCUT2D eigenvalue weighted by Crippen LogP contribution is -2.03. The van der Waals surface area contributed by atoms with Crippen molar-refractivity contribution in [2.75, 3.05) is 5.32 Å². The fraction of sp³-hybridized carbons (Fsp3) is 0.0714. The molecular formula is C14H12FN3. The number of nitrogens with one attached hydrogen (secondary N) is 1. The molecule has 0 fully saturated rings. The van der Waals surface area contributed by atoms with Crippen molar-refractivity contribution in [1.29, 1.82) is 0 Å². The van der Waals surface area contributed by atoms with Crippen LogP contribution in [0.4, 0.5) is 10.2 Å². The van der Waals surface area contributed by atoms with Crippen LogP contribution in [0, 0.1) is 5.82 Å². The van der Waals surface area contributed by atoms with Crippen LogP contribution < -0.4 is 5.32 Å². The predicted octanol–water partition coefficient (Wildman–Crippen LogP) is 3.09. The third kappa shape index (κ3) is 2.05. The molecule has 1 N–H and O–H groups in total. The Morgan fingerprint density at radius 3 is 2.78 bits per heavy atom. The Morgan fingerprint density at radius 2 is 1.94 bits per heavy atom. The van der Waals surface area contributed by atoms with Gasteiger partial charge in [0.25, 0.3) is 0 Å². The number of aromatic nitrogens is 2. The van der Waals surface area contributed by atoms with E-state index in [-0.39, 0.29) is 5.82 Å². The van der Waals surface area contributed by atoms with Gasteiger partial charge < -0.3 is 5.32 Å². The third-order valence-corrected chi connectivity index (χ3v) is 2.82. The van der Waals surface area contributed by atoms with Crippen LogP contribution in [-0.2, 0) is 6.54 Å². The second-order valence-corrected chi connectivity index (χ2v) is 4.05. The van der Waals surface area contributed by atoms with E-state index in [0.717, 1.165) is 17.0 Å². The monoisotopic (exact) mass is 241 g/mol. The van der Waals surface area contributed by atoms with Gasteiger partial charge in [0.1, 0.15) is 17.3 Å². The molecule has 3 nitrogen and oxygen atoms in total. The normalized spacial score (nSPS) is 10.7. The van der Waals surface area contributed by atoms with E-state index in [1.807, 2.05) is 28.8 Å². The Labute approximate surface area is 104 Å². The van der Waals surface area contributed by atoms with Crippen LogP contribution in [0.25, 0.3) is 5.65 Å². The van der Waals surface area contributed by atoms with Gasteiger partial charge in [-0.15, -0.1) is 0 Å². The summed E-state index contributed by atoms with van der Waals surface area (Å²) >= 11 is 0. The number of hydrogen-bond donors (Lipinski definition) is 1. The molecule has 1 aromatic carbocycles. The van der Waals surface area contributed by atoms with Crippen molar-refractivity contribution in [2.45, 2.75) is 6.54 Å². The van der Waals surface area contributed by atoms with Crippen LogP contribution in [-0.4, -0.2) is 9.38 Å². The maximum absolute atomic E-state index is 12.8. The number of rotatable bonds is 3. The maximum atomic E-state index is 12.8. The van der Waals surface area contributed by atoms with Gasteiger partial charge in [-0.1, -0.05) is 18.2 Å². The van der Waals surface area contributed by atoms with Crippen molar-refractivity contribution in [2.24, 2.45) is 0 Å². The fourth-order valence-corrected chi connectivity index (χ4v) is 1.89. The summed E-state index contributed by atoms with van der Waals surface area (Å²) in [6, 6.07) is 12.4. The van der Waals surface area contributed by atoms with Crippen LogP contribution in [0.5, 0.6) is 0 Å². The lowest BCUT2D eigenvalue weighted by molar-refractivity contribution is 0.627. The van der Waals surface area contributed by atoms with Gasteiger partial charge in [-0.05, 0) is 29.8 Å². The minimum absolute atomic E-state index is 0.213. The van der Waals surface area contributed by atoms with E-state index < -0.39 is 0 Å². The molecule has 2 heterocycles. The molecule has 0 spiro atoms. The maximum Gasteiger partial charge on any atom is 0.138 e. The molecule has 0 aliphatic heterocycles. The number of anilines is 1. The number of benzene rings is 1. The fourth-order valence-electron chi connectivity index (χ4n) is 1.89. The van der Waals surface area contributed by atoms with Gasteiger partial charge in [0, 0.05) is 18.9 Å². The highest BCUT2D eigenvalue weighted by molar-refractivity contribution is 5.50. The molecular weight excluding hydrogens is 229 g/mol. The van der Waals surface area contributed by atoms with Crippen molar-refractivity contribution >= 4 is 11.5 Å². The molecule has 0 aliphatic carbocycles. The summed E-state index contributed by atoms with van der Waals surface area (Å²) in [4.78, 5) is 4.22. The van der Waals surface area contributed by atoms with E-state index in [9.17, 15) is 4.39 Å². The van der Waals surface area contributed by atoms with Crippen molar-refractivity contribution in [3.63, 3.8) is 0 Å². The largest absolute Gasteiger partial charge is 0.367 e. The van der Waals surface area contributed by atoms with Gasteiger partial charge in [0.05, 0.1) is 0 Å². The van der Waals surface area contributed by atoms with Crippen molar-refractivity contribution < 1.29 is 4.39 Å². The van der Waals surface area contributed by atoms with Gasteiger partial charge in [-0.3, -0.25) is 4.40 Å². The van der Waals surface area contributed by atoms with Crippen LogP contribution in [0.2, 0.25) is 0 Å².